The van der Waals surface area contributed by atoms with Gasteiger partial charge in [-0.3, -0.25) is 15.0 Å². The molecule has 0 radical (unpaired) electrons. The quantitative estimate of drug-likeness (QED) is 0.376. The van der Waals surface area contributed by atoms with Crippen molar-refractivity contribution in [2.24, 2.45) is 11.7 Å². The maximum absolute atomic E-state index is 13.6. The first kappa shape index (κ1) is 17.5. The molecule has 25 heavy (non-hydrogen) atoms. The molecule has 4 rings (SSSR count). The molecule has 4 fully saturated rings. The van der Waals surface area contributed by atoms with Crippen LogP contribution in [0.5, 0.6) is 0 Å². The number of nitrogens with two attached hydrogens (primary N) is 1. The van der Waals surface area contributed by atoms with E-state index in [0.717, 1.165) is 32.7 Å². The van der Waals surface area contributed by atoms with Crippen molar-refractivity contribution in [1.29, 1.82) is 0 Å². The molecular formula is C15H28FN7O2. The summed E-state index contributed by atoms with van der Waals surface area (Å²) in [5, 5.41) is 11.3. The highest BCUT2D eigenvalue weighted by molar-refractivity contribution is 5.80. The van der Waals surface area contributed by atoms with E-state index in [0.29, 0.717) is 12.6 Å². The van der Waals surface area contributed by atoms with E-state index in [4.69, 9.17) is 10.5 Å². The second-order valence-corrected chi connectivity index (χ2v) is 7.28. The van der Waals surface area contributed by atoms with Crippen LogP contribution in [0.1, 0.15) is 12.8 Å². The maximum atomic E-state index is 13.6. The van der Waals surface area contributed by atoms with Gasteiger partial charge in [0, 0.05) is 38.9 Å². The summed E-state index contributed by atoms with van der Waals surface area (Å²) >= 11 is 0. The van der Waals surface area contributed by atoms with Crippen molar-refractivity contribution < 1.29 is 13.9 Å². The number of hydrogen-bond donors (Lipinski definition) is 5. The Morgan fingerprint density at radius 1 is 1.28 bits per heavy atom. The lowest BCUT2D eigenvalue weighted by Crippen LogP contribution is -2.60. The molecule has 4 aliphatic rings. The summed E-state index contributed by atoms with van der Waals surface area (Å²) in [5.74, 6) is -0.548. The molecule has 1 amide bonds. The number of halogens is 1. The predicted molar refractivity (Wildman–Crippen MR) is 88.5 cm³/mol. The Bertz CT molecular complexity index is 493. The van der Waals surface area contributed by atoms with E-state index in [1.807, 2.05) is 0 Å². The second kappa shape index (κ2) is 7.39. The minimum Gasteiger partial charge on any atom is -0.381 e. The highest BCUT2D eigenvalue weighted by atomic mass is 19.1. The number of hydrazine groups is 1. The molecule has 0 spiro atoms. The van der Waals surface area contributed by atoms with Crippen molar-refractivity contribution in [3.63, 3.8) is 0 Å². The molecule has 4 heterocycles. The van der Waals surface area contributed by atoms with Gasteiger partial charge in [-0.2, -0.15) is 0 Å². The van der Waals surface area contributed by atoms with Crippen molar-refractivity contribution in [3.8, 4) is 0 Å². The number of ether oxygens (including phenoxy) is 1. The van der Waals surface area contributed by atoms with Crippen molar-refractivity contribution in [1.82, 2.24) is 31.3 Å². The van der Waals surface area contributed by atoms with Gasteiger partial charge in [-0.05, 0) is 12.8 Å². The number of nitrogens with one attached hydrogen (secondary N) is 4. The number of nitrogens with zero attached hydrogens (tertiary/aromatic N) is 2. The highest BCUT2D eigenvalue weighted by Crippen LogP contribution is 2.23. The summed E-state index contributed by atoms with van der Waals surface area (Å²) in [6.07, 6.45) is 0.166. The minimum absolute atomic E-state index is 0.0469. The lowest BCUT2D eigenvalue weighted by Gasteiger charge is -2.36. The third kappa shape index (κ3) is 3.52. The molecular weight excluding hydrogens is 329 g/mol. The Labute approximate surface area is 146 Å². The van der Waals surface area contributed by atoms with Gasteiger partial charge < -0.3 is 21.1 Å². The molecule has 5 atom stereocenters. The molecule has 5 unspecified atom stereocenters. The van der Waals surface area contributed by atoms with E-state index in [2.05, 4.69) is 26.3 Å². The number of hydrogen-bond acceptors (Lipinski definition) is 8. The molecule has 0 saturated carbocycles. The largest absolute Gasteiger partial charge is 0.381 e. The molecule has 0 aromatic rings. The Balaban J connectivity index is 1.39. The molecule has 10 heteroatoms. The first-order chi connectivity index (χ1) is 12.1. The minimum atomic E-state index is -0.958. The van der Waals surface area contributed by atoms with Crippen LogP contribution in [-0.4, -0.2) is 86.0 Å². The first-order valence-corrected chi connectivity index (χ1v) is 9.14. The molecule has 6 N–H and O–H groups in total. The van der Waals surface area contributed by atoms with Crippen molar-refractivity contribution in [3.05, 3.63) is 0 Å². The monoisotopic (exact) mass is 357 g/mol. The SMILES string of the molecule is NC1NN2CC(F)CNC2C1C(=O)NC1CNCN1C1CCOCC1. The van der Waals surface area contributed by atoms with Crippen LogP contribution in [0.2, 0.25) is 0 Å². The number of amides is 1. The topological polar surface area (TPSA) is 107 Å². The molecule has 0 aromatic heterocycles. The smallest absolute Gasteiger partial charge is 0.230 e. The van der Waals surface area contributed by atoms with Crippen molar-refractivity contribution in [2.75, 3.05) is 39.5 Å². The highest BCUT2D eigenvalue weighted by Gasteiger charge is 2.47. The number of alkyl halides is 1. The third-order valence-electron chi connectivity index (χ3n) is 5.62. The average molecular weight is 357 g/mol. The van der Waals surface area contributed by atoms with Crippen molar-refractivity contribution >= 4 is 5.91 Å². The van der Waals surface area contributed by atoms with Gasteiger partial charge in [0.2, 0.25) is 5.91 Å². The third-order valence-corrected chi connectivity index (χ3v) is 5.62. The zero-order valence-corrected chi connectivity index (χ0v) is 14.3. The maximum Gasteiger partial charge on any atom is 0.230 e. The van der Waals surface area contributed by atoms with Gasteiger partial charge in [-0.1, -0.05) is 0 Å². The summed E-state index contributed by atoms with van der Waals surface area (Å²) < 4.78 is 19.0. The average Bonchev–Trinajstić information content (AvgIpc) is 3.18. The van der Waals surface area contributed by atoms with Gasteiger partial charge in [-0.15, -0.1) is 0 Å². The number of fused-ring (bicyclic) bond motifs is 1. The normalized spacial score (nSPS) is 41.0. The number of carbonyl (C=O) groups excluding carboxylic acids is 1. The zero-order chi connectivity index (χ0) is 17.4. The molecule has 0 aromatic carbocycles. The van der Waals surface area contributed by atoms with E-state index >= 15 is 0 Å². The Morgan fingerprint density at radius 3 is 2.88 bits per heavy atom. The van der Waals surface area contributed by atoms with Gasteiger partial charge in [0.15, 0.2) is 0 Å². The molecule has 9 nitrogen and oxygen atoms in total. The lowest BCUT2D eigenvalue weighted by atomic mass is 10.0. The van der Waals surface area contributed by atoms with E-state index in [9.17, 15) is 9.18 Å². The lowest BCUT2D eigenvalue weighted by molar-refractivity contribution is -0.128. The van der Waals surface area contributed by atoms with Crippen LogP contribution in [0.3, 0.4) is 0 Å². The Kier molecular flexibility index (Phi) is 5.18. The van der Waals surface area contributed by atoms with Crippen LogP contribution in [0.15, 0.2) is 0 Å². The fourth-order valence-corrected chi connectivity index (χ4v) is 4.33. The van der Waals surface area contributed by atoms with Crippen LogP contribution >= 0.6 is 0 Å². The zero-order valence-electron chi connectivity index (χ0n) is 14.3. The summed E-state index contributed by atoms with van der Waals surface area (Å²) in [4.78, 5) is 15.2. The summed E-state index contributed by atoms with van der Waals surface area (Å²) in [5.41, 5.74) is 9.13. The molecule has 4 aliphatic heterocycles. The summed E-state index contributed by atoms with van der Waals surface area (Å²) in [6.45, 7) is 3.51. The van der Waals surface area contributed by atoms with E-state index in [-0.39, 0.29) is 31.3 Å². The van der Waals surface area contributed by atoms with Gasteiger partial charge in [0.05, 0.1) is 31.1 Å². The Morgan fingerprint density at radius 2 is 2.08 bits per heavy atom. The molecule has 142 valence electrons. The van der Waals surface area contributed by atoms with Crippen LogP contribution in [0.4, 0.5) is 4.39 Å². The van der Waals surface area contributed by atoms with E-state index < -0.39 is 18.3 Å². The fourth-order valence-electron chi connectivity index (χ4n) is 4.33. The standard InChI is InChI=1S/C15H28FN7O2/c16-9-5-19-14-12(13(17)21-23(14)7-9)15(24)20-11-6-18-8-22(11)10-1-3-25-4-2-10/h9-14,18-19,21H,1-8,17H2,(H,20,24). The van der Waals surface area contributed by atoms with Gasteiger partial charge in [0.25, 0.3) is 0 Å². The molecule has 4 saturated heterocycles. The first-order valence-electron chi connectivity index (χ1n) is 9.14. The molecule has 0 bridgehead atoms. The second-order valence-electron chi connectivity index (χ2n) is 7.28. The molecule has 0 aliphatic carbocycles. The van der Waals surface area contributed by atoms with Gasteiger partial charge in [-0.25, -0.2) is 14.8 Å². The van der Waals surface area contributed by atoms with Crippen LogP contribution in [0.25, 0.3) is 0 Å². The number of rotatable bonds is 3. The van der Waals surface area contributed by atoms with Crippen LogP contribution in [-0.2, 0) is 9.53 Å². The van der Waals surface area contributed by atoms with E-state index in [1.165, 1.54) is 0 Å². The fraction of sp³-hybridized carbons (Fsp3) is 0.933. The van der Waals surface area contributed by atoms with Gasteiger partial charge >= 0.3 is 0 Å². The van der Waals surface area contributed by atoms with Crippen LogP contribution < -0.4 is 27.1 Å². The van der Waals surface area contributed by atoms with Crippen molar-refractivity contribution in [2.45, 2.75) is 43.6 Å². The van der Waals surface area contributed by atoms with E-state index in [1.54, 1.807) is 5.01 Å². The Hall–Kier alpha value is -0.880. The van der Waals surface area contributed by atoms with Crippen LogP contribution in [0, 0.1) is 5.92 Å². The summed E-state index contributed by atoms with van der Waals surface area (Å²) in [6, 6.07) is 0.418. The number of carbonyl (C=O) groups is 1. The van der Waals surface area contributed by atoms with Gasteiger partial charge in [0.1, 0.15) is 6.17 Å². The summed E-state index contributed by atoms with van der Waals surface area (Å²) in [7, 11) is 0. The predicted octanol–water partition coefficient (Wildman–Crippen LogP) is -2.54.